The van der Waals surface area contributed by atoms with Crippen LogP contribution in [-0.2, 0) is 22.4 Å². The number of pyridine rings is 1. The number of imide groups is 1. The number of halogens is 1. The van der Waals surface area contributed by atoms with Crippen molar-refractivity contribution in [1.82, 2.24) is 20.5 Å². The van der Waals surface area contributed by atoms with E-state index in [4.69, 9.17) is 0 Å². The van der Waals surface area contributed by atoms with Crippen LogP contribution in [0.5, 0.6) is 0 Å². The van der Waals surface area contributed by atoms with Crippen LogP contribution in [-0.4, -0.2) is 46.9 Å². The molecule has 1 aromatic heterocycles. The van der Waals surface area contributed by atoms with E-state index in [1.807, 2.05) is 12.1 Å². The van der Waals surface area contributed by atoms with Crippen LogP contribution in [0.15, 0.2) is 48.8 Å². The maximum Gasteiger partial charge on any atom is 0.324 e. The van der Waals surface area contributed by atoms with E-state index in [-0.39, 0.29) is 24.7 Å². The summed E-state index contributed by atoms with van der Waals surface area (Å²) in [5, 5.41) is 5.28. The number of aromatic nitrogens is 1. The number of nitrogens with zero attached hydrogens (tertiary/aromatic N) is 2. The molecule has 0 aliphatic carbocycles. The highest BCUT2D eigenvalue weighted by Crippen LogP contribution is 2.12. The molecule has 2 heterocycles. The molecule has 146 valence electrons. The number of rotatable bonds is 8. The standard InChI is InChI=1S/C20H21FN4O3/c21-16-3-1-2-15(12-16)7-11-25-19(27)17(24-20(25)28)13-18(26)23-10-6-14-4-8-22-9-5-14/h1-5,8-9,12,17H,6-7,10-11,13H2,(H,23,26)(H,24,28). The maximum atomic E-state index is 13.2. The molecule has 0 spiro atoms. The van der Waals surface area contributed by atoms with Gasteiger partial charge in [-0.25, -0.2) is 9.18 Å². The summed E-state index contributed by atoms with van der Waals surface area (Å²) in [4.78, 5) is 41.5. The van der Waals surface area contributed by atoms with Crippen molar-refractivity contribution in [2.24, 2.45) is 0 Å². The van der Waals surface area contributed by atoms with E-state index in [1.54, 1.807) is 24.5 Å². The summed E-state index contributed by atoms with van der Waals surface area (Å²) >= 11 is 0. The summed E-state index contributed by atoms with van der Waals surface area (Å²) < 4.78 is 13.2. The zero-order valence-corrected chi connectivity index (χ0v) is 15.2. The van der Waals surface area contributed by atoms with Gasteiger partial charge in [-0.1, -0.05) is 12.1 Å². The van der Waals surface area contributed by atoms with Crippen LogP contribution in [0, 0.1) is 5.82 Å². The molecular formula is C20H21FN4O3. The quantitative estimate of drug-likeness (QED) is 0.674. The van der Waals surface area contributed by atoms with Gasteiger partial charge in [0.25, 0.3) is 5.91 Å². The summed E-state index contributed by atoms with van der Waals surface area (Å²) in [6, 6.07) is 8.33. The summed E-state index contributed by atoms with van der Waals surface area (Å²) in [5.74, 6) is -1.11. The number of benzene rings is 1. The lowest BCUT2D eigenvalue weighted by molar-refractivity contribution is -0.130. The average Bonchev–Trinajstić information content (AvgIpc) is 2.94. The fraction of sp³-hybridized carbons (Fsp3) is 0.300. The molecule has 1 aliphatic heterocycles. The Labute approximate surface area is 161 Å². The number of amides is 4. The van der Waals surface area contributed by atoms with Crippen molar-refractivity contribution >= 4 is 17.8 Å². The second kappa shape index (κ2) is 9.07. The van der Waals surface area contributed by atoms with E-state index in [0.29, 0.717) is 24.9 Å². The topological polar surface area (TPSA) is 91.4 Å². The molecule has 3 rings (SSSR count). The predicted molar refractivity (Wildman–Crippen MR) is 99.7 cm³/mol. The fourth-order valence-corrected chi connectivity index (χ4v) is 3.01. The Balaban J connectivity index is 1.45. The highest BCUT2D eigenvalue weighted by atomic mass is 19.1. The van der Waals surface area contributed by atoms with Gasteiger partial charge in [-0.15, -0.1) is 0 Å². The van der Waals surface area contributed by atoms with Crippen molar-refractivity contribution in [2.75, 3.05) is 13.1 Å². The van der Waals surface area contributed by atoms with E-state index in [1.165, 1.54) is 12.1 Å². The van der Waals surface area contributed by atoms with Crippen molar-refractivity contribution in [1.29, 1.82) is 0 Å². The minimum atomic E-state index is -0.874. The predicted octanol–water partition coefficient (Wildman–Crippen LogP) is 1.43. The first-order valence-corrected chi connectivity index (χ1v) is 9.05. The van der Waals surface area contributed by atoms with E-state index >= 15 is 0 Å². The van der Waals surface area contributed by atoms with Crippen LogP contribution in [0.3, 0.4) is 0 Å². The molecule has 7 nitrogen and oxygen atoms in total. The third kappa shape index (κ3) is 5.12. The molecular weight excluding hydrogens is 363 g/mol. The minimum Gasteiger partial charge on any atom is -0.356 e. The Morgan fingerprint density at radius 1 is 1.14 bits per heavy atom. The second-order valence-corrected chi connectivity index (χ2v) is 6.53. The third-order valence-electron chi connectivity index (χ3n) is 4.49. The Hall–Kier alpha value is -3.29. The summed E-state index contributed by atoms with van der Waals surface area (Å²) in [5.41, 5.74) is 1.74. The zero-order valence-electron chi connectivity index (χ0n) is 15.2. The molecule has 1 aromatic carbocycles. The van der Waals surface area contributed by atoms with Crippen LogP contribution < -0.4 is 10.6 Å². The SMILES string of the molecule is O=C(CC1NC(=O)N(CCc2cccc(F)c2)C1=O)NCCc1ccncc1. The lowest BCUT2D eigenvalue weighted by Crippen LogP contribution is -2.37. The van der Waals surface area contributed by atoms with Crippen molar-refractivity contribution < 1.29 is 18.8 Å². The molecule has 28 heavy (non-hydrogen) atoms. The smallest absolute Gasteiger partial charge is 0.324 e. The van der Waals surface area contributed by atoms with Gasteiger partial charge in [-0.2, -0.15) is 0 Å². The van der Waals surface area contributed by atoms with E-state index < -0.39 is 18.0 Å². The molecule has 1 unspecified atom stereocenters. The third-order valence-corrected chi connectivity index (χ3v) is 4.49. The number of hydrogen-bond donors (Lipinski definition) is 2. The number of urea groups is 1. The van der Waals surface area contributed by atoms with Gasteiger partial charge in [0.2, 0.25) is 5.91 Å². The number of hydrogen-bond acceptors (Lipinski definition) is 4. The Morgan fingerprint density at radius 2 is 1.93 bits per heavy atom. The summed E-state index contributed by atoms with van der Waals surface area (Å²) in [6.07, 6.45) is 4.25. The Kier molecular flexibility index (Phi) is 6.31. The molecule has 1 atom stereocenters. The largest absolute Gasteiger partial charge is 0.356 e. The lowest BCUT2D eigenvalue weighted by Gasteiger charge is -2.13. The number of carbonyl (C=O) groups is 3. The van der Waals surface area contributed by atoms with Gasteiger partial charge in [-0.05, 0) is 48.2 Å². The number of nitrogens with one attached hydrogen (secondary N) is 2. The molecule has 2 aromatic rings. The molecule has 0 saturated carbocycles. The first-order chi connectivity index (χ1) is 13.5. The second-order valence-electron chi connectivity index (χ2n) is 6.53. The van der Waals surface area contributed by atoms with Gasteiger partial charge >= 0.3 is 6.03 Å². The van der Waals surface area contributed by atoms with E-state index in [2.05, 4.69) is 15.6 Å². The van der Waals surface area contributed by atoms with Crippen molar-refractivity contribution in [3.8, 4) is 0 Å². The first-order valence-electron chi connectivity index (χ1n) is 9.05. The molecule has 1 fully saturated rings. The highest BCUT2D eigenvalue weighted by Gasteiger charge is 2.38. The zero-order chi connectivity index (χ0) is 19.9. The molecule has 4 amide bonds. The van der Waals surface area contributed by atoms with Crippen molar-refractivity contribution in [2.45, 2.75) is 25.3 Å². The van der Waals surface area contributed by atoms with E-state index in [9.17, 15) is 18.8 Å². The Morgan fingerprint density at radius 3 is 2.68 bits per heavy atom. The van der Waals surface area contributed by atoms with Crippen molar-refractivity contribution in [3.05, 3.63) is 65.7 Å². The van der Waals surface area contributed by atoms with Gasteiger partial charge in [0, 0.05) is 25.5 Å². The molecule has 1 aliphatic rings. The normalized spacial score (nSPS) is 16.2. The van der Waals surface area contributed by atoms with Gasteiger partial charge in [0.15, 0.2) is 0 Å². The van der Waals surface area contributed by atoms with Gasteiger partial charge in [-0.3, -0.25) is 19.5 Å². The average molecular weight is 384 g/mol. The lowest BCUT2D eigenvalue weighted by atomic mass is 10.1. The molecule has 2 N–H and O–H groups in total. The Bertz CT molecular complexity index is 860. The van der Waals surface area contributed by atoms with Crippen LogP contribution >= 0.6 is 0 Å². The van der Waals surface area contributed by atoms with E-state index in [0.717, 1.165) is 10.5 Å². The highest BCUT2D eigenvalue weighted by molar-refractivity contribution is 6.05. The van der Waals surface area contributed by atoms with Crippen LogP contribution in [0.25, 0.3) is 0 Å². The molecule has 8 heteroatoms. The monoisotopic (exact) mass is 384 g/mol. The molecule has 1 saturated heterocycles. The minimum absolute atomic E-state index is 0.114. The van der Waals surface area contributed by atoms with Gasteiger partial charge < -0.3 is 10.6 Å². The van der Waals surface area contributed by atoms with Gasteiger partial charge in [0.05, 0.1) is 6.42 Å². The number of carbonyl (C=O) groups excluding carboxylic acids is 3. The van der Waals surface area contributed by atoms with Crippen LogP contribution in [0.2, 0.25) is 0 Å². The first kappa shape index (κ1) is 19.5. The summed E-state index contributed by atoms with van der Waals surface area (Å²) in [7, 11) is 0. The fourth-order valence-electron chi connectivity index (χ4n) is 3.01. The van der Waals surface area contributed by atoms with Crippen molar-refractivity contribution in [3.63, 3.8) is 0 Å². The maximum absolute atomic E-state index is 13.2. The molecule has 0 radical (unpaired) electrons. The molecule has 0 bridgehead atoms. The summed E-state index contributed by atoms with van der Waals surface area (Å²) in [6.45, 7) is 0.565. The van der Waals surface area contributed by atoms with Crippen LogP contribution in [0.4, 0.5) is 9.18 Å². The van der Waals surface area contributed by atoms with Gasteiger partial charge in [0.1, 0.15) is 11.9 Å². The van der Waals surface area contributed by atoms with Crippen LogP contribution in [0.1, 0.15) is 17.5 Å².